The maximum absolute atomic E-state index is 14.2. The maximum atomic E-state index is 14.2. The fraction of sp³-hybridized carbons (Fsp3) is 0.273. The fourth-order valence-electron chi connectivity index (χ4n) is 4.08. The molecule has 2 aromatic carbocycles. The number of Topliss-reactive ketones (excluding diaryl/α,β-unsaturated/α-hetero) is 1. The summed E-state index contributed by atoms with van der Waals surface area (Å²) in [4.78, 5) is 25.8. The molecular formula is C22H20ClFN2O3. The number of halogens is 2. The van der Waals surface area contributed by atoms with Crippen LogP contribution in [-0.2, 0) is 14.3 Å². The van der Waals surface area contributed by atoms with Crippen LogP contribution in [0.1, 0.15) is 24.9 Å². The number of nitrogens with one attached hydrogen (secondary N) is 2. The summed E-state index contributed by atoms with van der Waals surface area (Å²) in [7, 11) is 1.28. The van der Waals surface area contributed by atoms with E-state index in [1.54, 1.807) is 6.07 Å². The summed E-state index contributed by atoms with van der Waals surface area (Å²) in [5.74, 6) is -2.58. The van der Waals surface area contributed by atoms with Gasteiger partial charge in [0, 0.05) is 11.3 Å². The van der Waals surface area contributed by atoms with Gasteiger partial charge in [0.2, 0.25) is 0 Å². The highest BCUT2D eigenvalue weighted by Crippen LogP contribution is 2.44. The van der Waals surface area contributed by atoms with Crippen molar-refractivity contribution in [3.05, 3.63) is 70.1 Å². The molecule has 2 aliphatic rings. The Balaban J connectivity index is 1.89. The van der Waals surface area contributed by atoms with Crippen molar-refractivity contribution >= 4 is 34.7 Å². The first-order valence-corrected chi connectivity index (χ1v) is 9.71. The van der Waals surface area contributed by atoms with Crippen LogP contribution in [0.15, 0.2) is 53.7 Å². The molecule has 5 nitrogen and oxygen atoms in total. The van der Waals surface area contributed by atoms with Gasteiger partial charge in [-0.05, 0) is 42.2 Å². The average Bonchev–Trinajstić information content (AvgIpc) is 2.86. The van der Waals surface area contributed by atoms with Gasteiger partial charge in [0.1, 0.15) is 11.7 Å². The number of benzene rings is 2. The molecule has 29 heavy (non-hydrogen) atoms. The van der Waals surface area contributed by atoms with E-state index in [1.807, 2.05) is 31.2 Å². The van der Waals surface area contributed by atoms with E-state index < -0.39 is 23.7 Å². The Morgan fingerprint density at radius 1 is 1.21 bits per heavy atom. The molecule has 0 aromatic heterocycles. The number of rotatable bonds is 2. The molecule has 2 N–H and O–H groups in total. The van der Waals surface area contributed by atoms with Crippen LogP contribution in [0.2, 0.25) is 5.02 Å². The molecular weight excluding hydrogens is 395 g/mol. The lowest BCUT2D eigenvalue weighted by molar-refractivity contribution is -0.151. The van der Waals surface area contributed by atoms with E-state index in [0.29, 0.717) is 17.6 Å². The number of esters is 1. The van der Waals surface area contributed by atoms with Gasteiger partial charge in [0.05, 0.1) is 29.5 Å². The summed E-state index contributed by atoms with van der Waals surface area (Å²) >= 11 is 5.85. The van der Waals surface area contributed by atoms with Crippen molar-refractivity contribution in [3.63, 3.8) is 0 Å². The molecule has 0 spiro atoms. The van der Waals surface area contributed by atoms with Crippen LogP contribution in [0.4, 0.5) is 15.8 Å². The van der Waals surface area contributed by atoms with Gasteiger partial charge in [-0.25, -0.2) is 4.39 Å². The Labute approximate surface area is 172 Å². The van der Waals surface area contributed by atoms with Gasteiger partial charge in [-0.2, -0.15) is 0 Å². The Bertz CT molecular complexity index is 1040. The Kier molecular flexibility index (Phi) is 5.04. The number of hydrogen-bond acceptors (Lipinski definition) is 5. The highest BCUT2D eigenvalue weighted by molar-refractivity contribution is 6.30. The molecule has 0 saturated carbocycles. The third kappa shape index (κ3) is 3.38. The molecule has 7 heteroatoms. The normalized spacial score (nSPS) is 23.3. The van der Waals surface area contributed by atoms with E-state index in [-0.39, 0.29) is 16.7 Å². The monoisotopic (exact) mass is 414 g/mol. The van der Waals surface area contributed by atoms with Crippen molar-refractivity contribution in [2.75, 3.05) is 17.7 Å². The summed E-state index contributed by atoms with van der Waals surface area (Å²) in [6.45, 7) is 1.85. The van der Waals surface area contributed by atoms with Crippen molar-refractivity contribution in [2.45, 2.75) is 19.4 Å². The number of allylic oxidation sites excluding steroid dienone is 1. The van der Waals surface area contributed by atoms with Gasteiger partial charge >= 0.3 is 5.97 Å². The van der Waals surface area contributed by atoms with Crippen LogP contribution in [0, 0.1) is 17.7 Å². The van der Waals surface area contributed by atoms with E-state index >= 15 is 0 Å². The number of carbonyl (C=O) groups is 2. The zero-order chi connectivity index (χ0) is 20.7. The molecule has 0 bridgehead atoms. The minimum Gasteiger partial charge on any atom is -0.468 e. The third-order valence-corrected chi connectivity index (χ3v) is 5.81. The lowest BCUT2D eigenvalue weighted by Gasteiger charge is -2.32. The molecule has 1 aliphatic heterocycles. The van der Waals surface area contributed by atoms with Gasteiger partial charge in [0.15, 0.2) is 5.78 Å². The zero-order valence-electron chi connectivity index (χ0n) is 16.0. The highest BCUT2D eigenvalue weighted by Gasteiger charge is 2.44. The van der Waals surface area contributed by atoms with Crippen LogP contribution in [0.25, 0.3) is 0 Å². The number of anilines is 2. The van der Waals surface area contributed by atoms with Crippen molar-refractivity contribution < 1.29 is 18.7 Å². The molecule has 2 aromatic rings. The fourth-order valence-corrected chi connectivity index (χ4v) is 4.19. The maximum Gasteiger partial charge on any atom is 0.316 e. The van der Waals surface area contributed by atoms with Gasteiger partial charge < -0.3 is 15.4 Å². The number of methoxy groups -OCH3 is 1. The quantitative estimate of drug-likeness (QED) is 0.550. The van der Waals surface area contributed by atoms with Crippen molar-refractivity contribution in [2.24, 2.45) is 11.8 Å². The first kappa shape index (κ1) is 19.5. The standard InChI is InChI=1S/C22H20ClFN2O3/c1-11-9-17-19(21(27)18(11)22(28)29-2)20(12-7-8-13(23)14(24)10-12)26-16-6-4-3-5-15(16)25-17/h3-8,10-11,18,20,25-26H,9H2,1-2H3/t11-,18-,20-/m0/s1. The number of fused-ring (bicyclic) bond motifs is 1. The van der Waals surface area contributed by atoms with Gasteiger partial charge in [-0.1, -0.05) is 36.7 Å². The predicted molar refractivity (Wildman–Crippen MR) is 109 cm³/mol. The summed E-state index contributed by atoms with van der Waals surface area (Å²) in [5, 5.41) is 6.70. The molecule has 0 fully saturated rings. The van der Waals surface area contributed by atoms with E-state index in [2.05, 4.69) is 10.6 Å². The van der Waals surface area contributed by atoms with Gasteiger partial charge in [0.25, 0.3) is 0 Å². The van der Waals surface area contributed by atoms with Crippen LogP contribution in [-0.4, -0.2) is 18.9 Å². The molecule has 0 unspecified atom stereocenters. The molecule has 0 saturated heterocycles. The molecule has 150 valence electrons. The van der Waals surface area contributed by atoms with E-state index in [9.17, 15) is 14.0 Å². The molecule has 1 aliphatic carbocycles. The predicted octanol–water partition coefficient (Wildman–Crippen LogP) is 4.71. The number of hydrogen-bond donors (Lipinski definition) is 2. The van der Waals surface area contributed by atoms with Gasteiger partial charge in [-0.15, -0.1) is 0 Å². The lowest BCUT2D eigenvalue weighted by Crippen LogP contribution is -2.39. The lowest BCUT2D eigenvalue weighted by atomic mass is 9.75. The van der Waals surface area contributed by atoms with E-state index in [0.717, 1.165) is 17.1 Å². The largest absolute Gasteiger partial charge is 0.468 e. The smallest absolute Gasteiger partial charge is 0.316 e. The summed E-state index contributed by atoms with van der Waals surface area (Å²) < 4.78 is 19.1. The molecule has 3 atom stereocenters. The Morgan fingerprint density at radius 3 is 2.62 bits per heavy atom. The minimum absolute atomic E-state index is 0.00568. The Morgan fingerprint density at radius 2 is 1.93 bits per heavy atom. The molecule has 1 heterocycles. The second kappa shape index (κ2) is 7.52. The molecule has 0 radical (unpaired) electrons. The molecule has 4 rings (SSSR count). The first-order chi connectivity index (χ1) is 13.9. The topological polar surface area (TPSA) is 67.4 Å². The molecule has 0 amide bonds. The summed E-state index contributed by atoms with van der Waals surface area (Å²) in [6, 6.07) is 11.4. The Hall–Kier alpha value is -2.86. The third-order valence-electron chi connectivity index (χ3n) is 5.50. The second-order valence-electron chi connectivity index (χ2n) is 7.36. The number of carbonyl (C=O) groups excluding carboxylic acids is 2. The number of ketones is 1. The van der Waals surface area contributed by atoms with Crippen LogP contribution >= 0.6 is 11.6 Å². The van der Waals surface area contributed by atoms with Crippen molar-refractivity contribution in [1.29, 1.82) is 0 Å². The second-order valence-corrected chi connectivity index (χ2v) is 7.77. The van der Waals surface area contributed by atoms with Crippen molar-refractivity contribution in [3.8, 4) is 0 Å². The van der Waals surface area contributed by atoms with E-state index in [4.69, 9.17) is 16.3 Å². The van der Waals surface area contributed by atoms with E-state index in [1.165, 1.54) is 19.2 Å². The SMILES string of the molecule is COC(=O)[C@@H]1C(=O)C2=C(C[C@@H]1C)Nc1ccccc1N[C@H]2c1ccc(Cl)c(F)c1. The first-order valence-electron chi connectivity index (χ1n) is 9.33. The van der Waals surface area contributed by atoms with Crippen molar-refractivity contribution in [1.82, 2.24) is 0 Å². The minimum atomic E-state index is -0.900. The number of para-hydroxylation sites is 2. The van der Waals surface area contributed by atoms with Crippen LogP contribution in [0.5, 0.6) is 0 Å². The zero-order valence-corrected chi connectivity index (χ0v) is 16.7. The van der Waals surface area contributed by atoms with Crippen LogP contribution < -0.4 is 10.6 Å². The average molecular weight is 415 g/mol. The summed E-state index contributed by atoms with van der Waals surface area (Å²) in [6.07, 6.45) is 0.490. The highest BCUT2D eigenvalue weighted by atomic mass is 35.5. The number of ether oxygens (including phenoxy) is 1. The summed E-state index contributed by atoms with van der Waals surface area (Å²) in [5.41, 5.74) is 3.27. The van der Waals surface area contributed by atoms with Crippen LogP contribution in [0.3, 0.4) is 0 Å². The van der Waals surface area contributed by atoms with Gasteiger partial charge in [-0.3, -0.25) is 9.59 Å².